The normalized spacial score (nSPS) is 18.9. The molecule has 4 heteroatoms. The highest BCUT2D eigenvalue weighted by Crippen LogP contribution is 2.25. The molecule has 1 N–H and O–H groups in total. The molecule has 88 valence electrons. The topological polar surface area (TPSA) is 41.6 Å². The molecule has 1 saturated heterocycles. The molecule has 0 unspecified atom stereocenters. The molecule has 1 aliphatic rings. The summed E-state index contributed by atoms with van der Waals surface area (Å²) < 4.78 is 4.95. The predicted molar refractivity (Wildman–Crippen MR) is 59.8 cm³/mol. The minimum atomic E-state index is -0.406. The van der Waals surface area contributed by atoms with Crippen molar-refractivity contribution < 1.29 is 9.53 Å². The Labute approximate surface area is 92.0 Å². The molecule has 4 nitrogen and oxygen atoms in total. The molecule has 1 aliphatic heterocycles. The van der Waals surface area contributed by atoms with E-state index in [9.17, 15) is 4.79 Å². The number of nitrogens with zero attached hydrogens (tertiary/aromatic N) is 1. The van der Waals surface area contributed by atoms with Crippen LogP contribution in [0.2, 0.25) is 0 Å². The van der Waals surface area contributed by atoms with Gasteiger partial charge in [-0.2, -0.15) is 0 Å². The van der Waals surface area contributed by atoms with E-state index in [2.05, 4.69) is 24.1 Å². The second-order valence-electron chi connectivity index (χ2n) is 3.97. The number of carbonyl (C=O) groups excluding carboxylic acids is 1. The van der Waals surface area contributed by atoms with Crippen LogP contribution in [0.4, 0.5) is 0 Å². The van der Waals surface area contributed by atoms with E-state index in [0.717, 1.165) is 39.0 Å². The van der Waals surface area contributed by atoms with Crippen molar-refractivity contribution in [2.24, 2.45) is 0 Å². The second-order valence-corrected chi connectivity index (χ2v) is 3.97. The molecule has 0 amide bonds. The number of carbonyl (C=O) groups is 1. The summed E-state index contributed by atoms with van der Waals surface area (Å²) >= 11 is 0. The maximum atomic E-state index is 11.9. The lowest BCUT2D eigenvalue weighted by Crippen LogP contribution is -2.60. The maximum Gasteiger partial charge on any atom is 0.326 e. The van der Waals surface area contributed by atoms with Crippen LogP contribution >= 0.6 is 0 Å². The molecule has 15 heavy (non-hydrogen) atoms. The van der Waals surface area contributed by atoms with Crippen molar-refractivity contribution in [3.8, 4) is 0 Å². The van der Waals surface area contributed by atoms with Crippen molar-refractivity contribution in [2.45, 2.75) is 32.2 Å². The van der Waals surface area contributed by atoms with Gasteiger partial charge in [-0.05, 0) is 12.8 Å². The largest absolute Gasteiger partial charge is 0.468 e. The van der Waals surface area contributed by atoms with E-state index in [1.54, 1.807) is 0 Å². The molecule has 0 bridgehead atoms. The highest BCUT2D eigenvalue weighted by Gasteiger charge is 2.42. The van der Waals surface area contributed by atoms with Crippen LogP contribution in [0, 0.1) is 0 Å². The number of piperazine rings is 1. The van der Waals surface area contributed by atoms with Gasteiger partial charge >= 0.3 is 5.97 Å². The SMILES string of the molecule is CCC(CC)(C(=O)OC)N1CCNCC1. The van der Waals surface area contributed by atoms with Gasteiger partial charge in [0.2, 0.25) is 0 Å². The van der Waals surface area contributed by atoms with Gasteiger partial charge in [0.05, 0.1) is 7.11 Å². The second kappa shape index (κ2) is 5.47. The number of methoxy groups -OCH3 is 1. The van der Waals surface area contributed by atoms with E-state index in [1.807, 2.05) is 0 Å². The summed E-state index contributed by atoms with van der Waals surface area (Å²) in [6.45, 7) is 7.88. The summed E-state index contributed by atoms with van der Waals surface area (Å²) in [6.07, 6.45) is 1.63. The number of hydrogen-bond acceptors (Lipinski definition) is 4. The van der Waals surface area contributed by atoms with Crippen LogP contribution < -0.4 is 5.32 Å². The zero-order chi connectivity index (χ0) is 11.3. The molecule has 0 aromatic heterocycles. The summed E-state index contributed by atoms with van der Waals surface area (Å²) in [6, 6.07) is 0. The molecule has 1 rings (SSSR count). The molecule has 0 radical (unpaired) electrons. The lowest BCUT2D eigenvalue weighted by molar-refractivity contribution is -0.156. The van der Waals surface area contributed by atoms with Crippen LogP contribution in [-0.4, -0.2) is 49.7 Å². The van der Waals surface area contributed by atoms with E-state index in [4.69, 9.17) is 4.74 Å². The number of nitrogens with one attached hydrogen (secondary N) is 1. The highest BCUT2D eigenvalue weighted by atomic mass is 16.5. The van der Waals surface area contributed by atoms with Gasteiger partial charge in [-0.15, -0.1) is 0 Å². The van der Waals surface area contributed by atoms with Gasteiger partial charge in [0.15, 0.2) is 0 Å². The Hall–Kier alpha value is -0.610. The summed E-state index contributed by atoms with van der Waals surface area (Å²) in [5.41, 5.74) is -0.406. The highest BCUT2D eigenvalue weighted by molar-refractivity contribution is 5.80. The molecule has 0 atom stereocenters. The van der Waals surface area contributed by atoms with Crippen molar-refractivity contribution >= 4 is 5.97 Å². The van der Waals surface area contributed by atoms with Crippen LogP contribution in [0.25, 0.3) is 0 Å². The van der Waals surface area contributed by atoms with E-state index in [1.165, 1.54) is 7.11 Å². The Bertz CT molecular complexity index is 209. The number of hydrogen-bond donors (Lipinski definition) is 1. The molecule has 0 spiro atoms. The number of rotatable bonds is 4. The molecule has 1 heterocycles. The standard InChI is InChI=1S/C11H22N2O2/c1-4-11(5-2,10(14)15-3)13-8-6-12-7-9-13/h12H,4-9H2,1-3H3. The first kappa shape index (κ1) is 12.5. The average molecular weight is 214 g/mol. The maximum absolute atomic E-state index is 11.9. The molecular formula is C11H22N2O2. The summed E-state index contributed by atoms with van der Waals surface area (Å²) in [5, 5.41) is 3.30. The minimum Gasteiger partial charge on any atom is -0.468 e. The Morgan fingerprint density at radius 2 is 1.87 bits per heavy atom. The van der Waals surface area contributed by atoms with Gasteiger partial charge in [0, 0.05) is 26.2 Å². The third kappa shape index (κ3) is 2.32. The Morgan fingerprint density at radius 3 is 2.27 bits per heavy atom. The monoisotopic (exact) mass is 214 g/mol. The van der Waals surface area contributed by atoms with Gasteiger partial charge in [-0.1, -0.05) is 13.8 Å². The van der Waals surface area contributed by atoms with E-state index < -0.39 is 5.54 Å². The van der Waals surface area contributed by atoms with Gasteiger partial charge in [0.25, 0.3) is 0 Å². The third-order valence-electron chi connectivity index (χ3n) is 3.46. The fourth-order valence-corrected chi connectivity index (χ4v) is 2.40. The number of esters is 1. The van der Waals surface area contributed by atoms with Crippen LogP contribution in [0.5, 0.6) is 0 Å². The third-order valence-corrected chi connectivity index (χ3v) is 3.46. The molecule has 0 aromatic rings. The van der Waals surface area contributed by atoms with Crippen molar-refractivity contribution in [2.75, 3.05) is 33.3 Å². The fraction of sp³-hybridized carbons (Fsp3) is 0.909. The van der Waals surface area contributed by atoms with Gasteiger partial charge in [-0.3, -0.25) is 9.69 Å². The summed E-state index contributed by atoms with van der Waals surface area (Å²) in [5.74, 6) is -0.0885. The quantitative estimate of drug-likeness (QED) is 0.697. The van der Waals surface area contributed by atoms with Gasteiger partial charge < -0.3 is 10.1 Å². The van der Waals surface area contributed by atoms with Crippen molar-refractivity contribution in [3.63, 3.8) is 0 Å². The van der Waals surface area contributed by atoms with Crippen molar-refractivity contribution in [1.82, 2.24) is 10.2 Å². The first-order valence-electron chi connectivity index (χ1n) is 5.75. The molecule has 0 saturated carbocycles. The molecule has 1 fully saturated rings. The van der Waals surface area contributed by atoms with Crippen molar-refractivity contribution in [1.29, 1.82) is 0 Å². The first-order chi connectivity index (χ1) is 7.21. The number of ether oxygens (including phenoxy) is 1. The van der Waals surface area contributed by atoms with E-state index in [0.29, 0.717) is 0 Å². The van der Waals surface area contributed by atoms with E-state index in [-0.39, 0.29) is 5.97 Å². The Kier molecular flexibility index (Phi) is 4.54. The van der Waals surface area contributed by atoms with Crippen LogP contribution in [0.1, 0.15) is 26.7 Å². The van der Waals surface area contributed by atoms with Crippen LogP contribution in [-0.2, 0) is 9.53 Å². The Morgan fingerprint density at radius 1 is 1.33 bits per heavy atom. The predicted octanol–water partition coefficient (Wildman–Crippen LogP) is 0.623. The van der Waals surface area contributed by atoms with Gasteiger partial charge in [-0.25, -0.2) is 0 Å². The van der Waals surface area contributed by atoms with Crippen LogP contribution in [0.3, 0.4) is 0 Å². The van der Waals surface area contributed by atoms with Gasteiger partial charge in [0.1, 0.15) is 5.54 Å². The smallest absolute Gasteiger partial charge is 0.326 e. The molecule has 0 aromatic carbocycles. The van der Waals surface area contributed by atoms with Crippen LogP contribution in [0.15, 0.2) is 0 Å². The minimum absolute atomic E-state index is 0.0885. The first-order valence-corrected chi connectivity index (χ1v) is 5.75. The lowest BCUT2D eigenvalue weighted by Gasteiger charge is -2.42. The zero-order valence-corrected chi connectivity index (χ0v) is 10.0. The molecule has 0 aliphatic carbocycles. The fourth-order valence-electron chi connectivity index (χ4n) is 2.40. The Balaban J connectivity index is 2.82. The molecular weight excluding hydrogens is 192 g/mol. The summed E-state index contributed by atoms with van der Waals surface area (Å²) in [7, 11) is 1.48. The van der Waals surface area contributed by atoms with Crippen molar-refractivity contribution in [3.05, 3.63) is 0 Å². The van der Waals surface area contributed by atoms with E-state index >= 15 is 0 Å². The lowest BCUT2D eigenvalue weighted by atomic mass is 9.90. The zero-order valence-electron chi connectivity index (χ0n) is 10.0. The summed E-state index contributed by atoms with van der Waals surface area (Å²) in [4.78, 5) is 14.2. The average Bonchev–Trinajstić information content (AvgIpc) is 2.32.